The third kappa shape index (κ3) is 3.59. The molecule has 0 saturated carbocycles. The Labute approximate surface area is 138 Å². The molecule has 116 valence electrons. The molecule has 0 amide bonds. The van der Waals surface area contributed by atoms with Gasteiger partial charge in [0.15, 0.2) is 0 Å². The van der Waals surface area contributed by atoms with Crippen LogP contribution in [-0.4, -0.2) is 41.8 Å². The highest BCUT2D eigenvalue weighted by Crippen LogP contribution is 2.33. The van der Waals surface area contributed by atoms with Gasteiger partial charge in [-0.25, -0.2) is 0 Å². The second-order valence-corrected chi connectivity index (χ2v) is 6.54. The molecule has 1 saturated heterocycles. The zero-order valence-electron chi connectivity index (χ0n) is 12.1. The molecule has 4 nitrogen and oxygen atoms in total. The van der Waals surface area contributed by atoms with Crippen molar-refractivity contribution in [1.29, 1.82) is 0 Å². The topological polar surface area (TPSA) is 49.8 Å². The number of rotatable bonds is 5. The van der Waals surface area contributed by atoms with E-state index in [4.69, 9.17) is 16.3 Å². The molecule has 3 unspecified atom stereocenters. The lowest BCUT2D eigenvalue weighted by molar-refractivity contribution is -0.143. The third-order valence-electron chi connectivity index (χ3n) is 4.07. The van der Waals surface area contributed by atoms with Crippen LogP contribution >= 0.6 is 27.5 Å². The van der Waals surface area contributed by atoms with Crippen LogP contribution in [0.5, 0.6) is 0 Å². The molecule has 0 spiro atoms. The van der Waals surface area contributed by atoms with Gasteiger partial charge >= 0.3 is 5.97 Å². The van der Waals surface area contributed by atoms with Gasteiger partial charge in [-0.05, 0) is 31.2 Å². The predicted octanol–water partition coefficient (Wildman–Crippen LogP) is 3.59. The summed E-state index contributed by atoms with van der Waals surface area (Å²) in [7, 11) is 0. The summed E-state index contributed by atoms with van der Waals surface area (Å²) in [4.78, 5) is 13.5. The molecule has 1 fully saturated rings. The van der Waals surface area contributed by atoms with E-state index in [-0.39, 0.29) is 18.7 Å². The van der Waals surface area contributed by atoms with Crippen LogP contribution in [0.3, 0.4) is 0 Å². The molecule has 1 N–H and O–H groups in total. The van der Waals surface area contributed by atoms with Crippen molar-refractivity contribution in [2.75, 3.05) is 19.8 Å². The van der Waals surface area contributed by atoms with Gasteiger partial charge in [0.1, 0.15) is 0 Å². The minimum atomic E-state index is -0.801. The van der Waals surface area contributed by atoms with Crippen molar-refractivity contribution in [3.8, 4) is 0 Å². The quantitative estimate of drug-likeness (QED) is 0.853. The van der Waals surface area contributed by atoms with Crippen LogP contribution in [-0.2, 0) is 9.53 Å². The number of likely N-dealkylation sites (N-methyl/N-ethyl adjacent to an activating group) is 1. The zero-order valence-corrected chi connectivity index (χ0v) is 14.4. The lowest BCUT2D eigenvalue weighted by atomic mass is 9.98. The summed E-state index contributed by atoms with van der Waals surface area (Å²) in [6, 6.07) is 5.70. The molecule has 1 aromatic rings. The first-order chi connectivity index (χ1) is 9.95. The van der Waals surface area contributed by atoms with E-state index in [0.717, 1.165) is 16.6 Å². The van der Waals surface area contributed by atoms with Crippen LogP contribution < -0.4 is 0 Å². The molecule has 0 bridgehead atoms. The lowest BCUT2D eigenvalue weighted by Crippen LogP contribution is -2.44. The van der Waals surface area contributed by atoms with Crippen LogP contribution in [0, 0.1) is 5.92 Å². The fraction of sp³-hybridized carbons (Fsp3) is 0.533. The van der Waals surface area contributed by atoms with Crippen molar-refractivity contribution >= 4 is 33.5 Å². The average molecular weight is 377 g/mol. The number of hydrogen-bond donors (Lipinski definition) is 1. The summed E-state index contributed by atoms with van der Waals surface area (Å²) < 4.78 is 6.32. The molecule has 21 heavy (non-hydrogen) atoms. The minimum absolute atomic E-state index is 0.0316. The highest BCUT2D eigenvalue weighted by molar-refractivity contribution is 9.10. The summed E-state index contributed by atoms with van der Waals surface area (Å²) in [6.45, 7) is 5.54. The second kappa shape index (κ2) is 7.09. The number of hydrogen-bond acceptors (Lipinski definition) is 3. The van der Waals surface area contributed by atoms with E-state index in [1.54, 1.807) is 0 Å². The van der Waals surface area contributed by atoms with E-state index in [1.807, 2.05) is 25.1 Å². The second-order valence-electron chi connectivity index (χ2n) is 5.22. The minimum Gasteiger partial charge on any atom is -0.481 e. The number of nitrogens with zero attached hydrogens (tertiary/aromatic N) is 1. The number of ether oxygens (including phenoxy) is 1. The van der Waals surface area contributed by atoms with Gasteiger partial charge in [-0.1, -0.05) is 40.5 Å². The predicted molar refractivity (Wildman–Crippen MR) is 85.7 cm³/mol. The molecule has 0 aromatic heterocycles. The summed E-state index contributed by atoms with van der Waals surface area (Å²) >= 11 is 9.73. The molecule has 1 aliphatic heterocycles. The Bertz CT molecular complexity index is 526. The van der Waals surface area contributed by atoms with Crippen molar-refractivity contribution < 1.29 is 14.6 Å². The maximum absolute atomic E-state index is 11.4. The highest BCUT2D eigenvalue weighted by Gasteiger charge is 2.39. The Kier molecular flexibility index (Phi) is 5.66. The van der Waals surface area contributed by atoms with E-state index in [1.165, 1.54) is 0 Å². The Morgan fingerprint density at radius 2 is 2.29 bits per heavy atom. The van der Waals surface area contributed by atoms with Gasteiger partial charge in [0, 0.05) is 21.6 Å². The van der Waals surface area contributed by atoms with E-state index < -0.39 is 11.9 Å². The zero-order chi connectivity index (χ0) is 15.6. The smallest absolute Gasteiger partial charge is 0.310 e. The van der Waals surface area contributed by atoms with Crippen molar-refractivity contribution in [1.82, 2.24) is 4.90 Å². The number of carboxylic acid groups (broad SMARTS) is 1. The summed E-state index contributed by atoms with van der Waals surface area (Å²) in [5.74, 6) is -1.29. The fourth-order valence-corrected chi connectivity index (χ4v) is 3.75. The average Bonchev–Trinajstić information content (AvgIpc) is 2.88. The number of halogens is 2. The monoisotopic (exact) mass is 375 g/mol. The lowest BCUT2D eigenvalue weighted by Gasteiger charge is -2.35. The number of aliphatic carboxylic acids is 1. The molecule has 6 heteroatoms. The Hall–Kier alpha value is -0.620. The Morgan fingerprint density at radius 1 is 1.57 bits per heavy atom. The Balaban J connectivity index is 2.26. The van der Waals surface area contributed by atoms with Crippen LogP contribution in [0.25, 0.3) is 0 Å². The van der Waals surface area contributed by atoms with E-state index in [2.05, 4.69) is 27.8 Å². The first kappa shape index (κ1) is 16.7. The first-order valence-electron chi connectivity index (χ1n) is 6.97. The van der Waals surface area contributed by atoms with E-state index >= 15 is 0 Å². The SMILES string of the molecule is CCN(C(C)c1ccc(Br)cc1Cl)C1COCC1C(=O)O. The molecule has 2 rings (SSSR count). The van der Waals surface area contributed by atoms with E-state index in [0.29, 0.717) is 11.6 Å². The summed E-state index contributed by atoms with van der Waals surface area (Å²) in [5.41, 5.74) is 0.998. The summed E-state index contributed by atoms with van der Waals surface area (Å²) in [6.07, 6.45) is 0. The molecule has 1 aliphatic rings. The van der Waals surface area contributed by atoms with Gasteiger partial charge in [0.2, 0.25) is 0 Å². The molecule has 0 radical (unpaired) electrons. The standard InChI is InChI=1S/C15H19BrClNO3/c1-3-18(14-8-21-7-12(14)15(19)20)9(2)11-5-4-10(16)6-13(11)17/h4-6,9,12,14H,3,7-8H2,1-2H3,(H,19,20). The van der Waals surface area contributed by atoms with Crippen molar-refractivity contribution in [3.63, 3.8) is 0 Å². The highest BCUT2D eigenvalue weighted by atomic mass is 79.9. The molecule has 1 heterocycles. The van der Waals surface area contributed by atoms with Gasteiger partial charge < -0.3 is 9.84 Å². The van der Waals surface area contributed by atoms with Gasteiger partial charge in [-0.2, -0.15) is 0 Å². The molecular formula is C15H19BrClNO3. The van der Waals surface area contributed by atoms with Gasteiger partial charge in [0.25, 0.3) is 0 Å². The summed E-state index contributed by atoms with van der Waals surface area (Å²) in [5, 5.41) is 10.0. The number of carboxylic acids is 1. The van der Waals surface area contributed by atoms with Crippen LogP contribution in [0.1, 0.15) is 25.5 Å². The maximum Gasteiger partial charge on any atom is 0.310 e. The van der Waals surface area contributed by atoms with Crippen molar-refractivity contribution in [2.45, 2.75) is 25.9 Å². The van der Waals surface area contributed by atoms with Gasteiger partial charge in [-0.15, -0.1) is 0 Å². The molecular weight excluding hydrogens is 358 g/mol. The molecule has 1 aromatic carbocycles. The normalized spacial score (nSPS) is 23.5. The van der Waals surface area contributed by atoms with Crippen LogP contribution in [0.15, 0.2) is 22.7 Å². The van der Waals surface area contributed by atoms with Crippen LogP contribution in [0.2, 0.25) is 5.02 Å². The Morgan fingerprint density at radius 3 is 2.86 bits per heavy atom. The van der Waals surface area contributed by atoms with Gasteiger partial charge in [-0.3, -0.25) is 9.69 Å². The fourth-order valence-electron chi connectivity index (χ4n) is 2.92. The first-order valence-corrected chi connectivity index (χ1v) is 8.14. The van der Waals surface area contributed by atoms with Crippen molar-refractivity contribution in [2.24, 2.45) is 5.92 Å². The molecule has 0 aliphatic carbocycles. The largest absolute Gasteiger partial charge is 0.481 e. The van der Waals surface area contributed by atoms with Crippen molar-refractivity contribution in [3.05, 3.63) is 33.3 Å². The van der Waals surface area contributed by atoms with Gasteiger partial charge in [0.05, 0.1) is 19.1 Å². The number of carbonyl (C=O) groups is 1. The number of benzene rings is 1. The molecule has 3 atom stereocenters. The van der Waals surface area contributed by atoms with Crippen LogP contribution in [0.4, 0.5) is 0 Å². The maximum atomic E-state index is 11.4. The third-order valence-corrected chi connectivity index (χ3v) is 4.89. The van der Waals surface area contributed by atoms with E-state index in [9.17, 15) is 9.90 Å².